The van der Waals surface area contributed by atoms with Gasteiger partial charge in [0.05, 0.1) is 25.4 Å². The topological polar surface area (TPSA) is 74.2 Å². The molecule has 0 spiro atoms. The molecule has 8 heteroatoms. The summed E-state index contributed by atoms with van der Waals surface area (Å²) in [6, 6.07) is 10.1. The number of hydrogen-bond acceptors (Lipinski definition) is 8. The first kappa shape index (κ1) is 22.0. The number of rotatable bonds is 9. The summed E-state index contributed by atoms with van der Waals surface area (Å²) in [5.41, 5.74) is 0.448. The van der Waals surface area contributed by atoms with Crippen molar-refractivity contribution in [2.45, 2.75) is 18.6 Å². The average molecular weight is 428 g/mol. The molecule has 31 heavy (non-hydrogen) atoms. The Morgan fingerprint density at radius 3 is 2.61 bits per heavy atom. The van der Waals surface area contributed by atoms with E-state index < -0.39 is 5.60 Å². The summed E-state index contributed by atoms with van der Waals surface area (Å²) in [6.07, 6.45) is 4.19. The van der Waals surface area contributed by atoms with E-state index in [1.807, 2.05) is 19.2 Å². The van der Waals surface area contributed by atoms with Crippen molar-refractivity contribution in [1.29, 1.82) is 0 Å². The highest BCUT2D eigenvalue weighted by Crippen LogP contribution is 2.25. The van der Waals surface area contributed by atoms with Crippen LogP contribution in [0, 0.1) is 0 Å². The van der Waals surface area contributed by atoms with Gasteiger partial charge in [0.1, 0.15) is 12.4 Å². The van der Waals surface area contributed by atoms with Gasteiger partial charge in [0.2, 0.25) is 5.95 Å². The molecule has 2 aliphatic rings. The molecule has 0 amide bonds. The molecule has 0 saturated carbocycles. The van der Waals surface area contributed by atoms with E-state index in [2.05, 4.69) is 36.8 Å². The summed E-state index contributed by atoms with van der Waals surface area (Å²) in [4.78, 5) is 15.2. The first-order chi connectivity index (χ1) is 15.1. The Morgan fingerprint density at radius 2 is 1.87 bits per heavy atom. The van der Waals surface area contributed by atoms with Crippen LogP contribution in [0.15, 0.2) is 42.7 Å². The highest BCUT2D eigenvalue weighted by atomic mass is 16.5. The quantitative estimate of drug-likeness (QED) is 0.641. The lowest BCUT2D eigenvalue weighted by Gasteiger charge is -2.29. The van der Waals surface area contributed by atoms with E-state index in [0.717, 1.165) is 51.7 Å². The number of aliphatic hydroxyl groups is 1. The lowest BCUT2D eigenvalue weighted by molar-refractivity contribution is 0.0278. The van der Waals surface area contributed by atoms with Gasteiger partial charge in [0, 0.05) is 51.7 Å². The van der Waals surface area contributed by atoms with Gasteiger partial charge in [-0.1, -0.05) is 12.1 Å². The maximum atomic E-state index is 11.0. The van der Waals surface area contributed by atoms with Crippen LogP contribution in [0.4, 0.5) is 5.95 Å². The van der Waals surface area contributed by atoms with Crippen LogP contribution in [0.5, 0.6) is 5.75 Å². The minimum atomic E-state index is -0.753. The van der Waals surface area contributed by atoms with Crippen LogP contribution >= 0.6 is 0 Å². The van der Waals surface area contributed by atoms with Crippen LogP contribution < -0.4 is 9.64 Å². The number of likely N-dealkylation sites (N-methyl/N-ethyl adjacent to an activating group) is 1. The lowest BCUT2D eigenvalue weighted by atomic mass is 10.0. The molecule has 2 aromatic rings. The molecule has 4 rings (SSSR count). The maximum absolute atomic E-state index is 11.0. The van der Waals surface area contributed by atoms with Crippen LogP contribution in [-0.4, -0.2) is 96.6 Å². The number of aromatic nitrogens is 2. The highest BCUT2D eigenvalue weighted by molar-refractivity contribution is 5.32. The predicted molar refractivity (Wildman–Crippen MR) is 119 cm³/mol. The van der Waals surface area contributed by atoms with Gasteiger partial charge < -0.3 is 19.5 Å². The van der Waals surface area contributed by atoms with E-state index >= 15 is 0 Å². The van der Waals surface area contributed by atoms with Crippen molar-refractivity contribution in [3.63, 3.8) is 0 Å². The summed E-state index contributed by atoms with van der Waals surface area (Å²) in [5.74, 6) is 1.58. The molecule has 0 aliphatic carbocycles. The minimum absolute atomic E-state index is 0.553. The van der Waals surface area contributed by atoms with Crippen molar-refractivity contribution < 1.29 is 14.6 Å². The van der Waals surface area contributed by atoms with E-state index in [1.165, 1.54) is 5.56 Å². The molecule has 1 atom stereocenters. The van der Waals surface area contributed by atoms with Gasteiger partial charge in [-0.3, -0.25) is 9.80 Å². The molecule has 2 aliphatic heterocycles. The van der Waals surface area contributed by atoms with Crippen molar-refractivity contribution in [1.82, 2.24) is 19.8 Å². The van der Waals surface area contributed by atoms with Crippen LogP contribution in [0.1, 0.15) is 12.0 Å². The van der Waals surface area contributed by atoms with Crippen LogP contribution in [-0.2, 0) is 11.3 Å². The Labute approximate surface area is 184 Å². The lowest BCUT2D eigenvalue weighted by Crippen LogP contribution is -2.43. The molecule has 1 unspecified atom stereocenters. The normalized spacial score (nSPS) is 22.2. The van der Waals surface area contributed by atoms with Gasteiger partial charge in [-0.25, -0.2) is 9.97 Å². The smallest absolute Gasteiger partial charge is 0.225 e. The summed E-state index contributed by atoms with van der Waals surface area (Å²) in [5, 5.41) is 11.0. The third-order valence-corrected chi connectivity index (χ3v) is 5.89. The molecule has 1 aromatic carbocycles. The molecule has 8 nitrogen and oxygen atoms in total. The second-order valence-corrected chi connectivity index (χ2v) is 8.56. The molecular formula is C23H33N5O3. The van der Waals surface area contributed by atoms with E-state index in [-0.39, 0.29) is 0 Å². The van der Waals surface area contributed by atoms with Gasteiger partial charge in [0.25, 0.3) is 0 Å². The molecule has 2 fully saturated rings. The predicted octanol–water partition coefficient (Wildman–Crippen LogP) is 1.26. The number of benzene rings is 1. The second-order valence-electron chi connectivity index (χ2n) is 8.56. The van der Waals surface area contributed by atoms with Crippen LogP contribution in [0.3, 0.4) is 0 Å². The fraction of sp³-hybridized carbons (Fsp3) is 0.565. The Balaban J connectivity index is 1.21. The molecule has 0 radical (unpaired) electrons. The average Bonchev–Trinajstić information content (AvgIpc) is 3.18. The number of β-amino-alcohol motifs (C(OH)–C–C–N with tert-alkyl or cyclic N) is 1. The van der Waals surface area contributed by atoms with Gasteiger partial charge in [-0.15, -0.1) is 0 Å². The Hall–Kier alpha value is -2.26. The zero-order valence-electron chi connectivity index (χ0n) is 18.3. The Morgan fingerprint density at radius 1 is 1.13 bits per heavy atom. The fourth-order valence-corrected chi connectivity index (χ4v) is 4.29. The number of ether oxygens (including phenoxy) is 2. The molecule has 3 heterocycles. The third kappa shape index (κ3) is 6.36. The molecule has 168 valence electrons. The fourth-order valence-electron chi connectivity index (χ4n) is 4.29. The number of anilines is 1. The van der Waals surface area contributed by atoms with Crippen molar-refractivity contribution in [3.8, 4) is 5.75 Å². The van der Waals surface area contributed by atoms with Crippen molar-refractivity contribution >= 4 is 5.95 Å². The van der Waals surface area contributed by atoms with E-state index in [0.29, 0.717) is 32.1 Å². The SMILES string of the molecule is CN(Cc1ccc(OCCN2CCOCC2)cc1)CC1(O)CCN(c2ncccn2)C1. The molecular weight excluding hydrogens is 394 g/mol. The minimum Gasteiger partial charge on any atom is -0.492 e. The first-order valence-corrected chi connectivity index (χ1v) is 11.0. The summed E-state index contributed by atoms with van der Waals surface area (Å²) >= 11 is 0. The summed E-state index contributed by atoms with van der Waals surface area (Å²) < 4.78 is 11.3. The molecule has 1 N–H and O–H groups in total. The van der Waals surface area contributed by atoms with E-state index in [1.54, 1.807) is 18.5 Å². The van der Waals surface area contributed by atoms with Gasteiger partial charge in [-0.2, -0.15) is 0 Å². The molecule has 2 saturated heterocycles. The van der Waals surface area contributed by atoms with E-state index in [4.69, 9.17) is 9.47 Å². The number of morpholine rings is 1. The Bertz CT molecular complexity index is 801. The highest BCUT2D eigenvalue weighted by Gasteiger charge is 2.37. The van der Waals surface area contributed by atoms with Gasteiger partial charge in [0.15, 0.2) is 0 Å². The van der Waals surface area contributed by atoms with Crippen molar-refractivity contribution in [3.05, 3.63) is 48.3 Å². The first-order valence-electron chi connectivity index (χ1n) is 11.0. The largest absolute Gasteiger partial charge is 0.492 e. The van der Waals surface area contributed by atoms with Crippen LogP contribution in [0.25, 0.3) is 0 Å². The summed E-state index contributed by atoms with van der Waals surface area (Å²) in [7, 11) is 2.05. The standard InChI is InChI=1S/C23H33N5O3/c1-26(18-23(29)7-10-28(19-23)22-24-8-2-9-25-22)17-20-3-5-21(6-4-20)31-16-13-27-11-14-30-15-12-27/h2-6,8-9,29H,7,10-19H2,1H3. The number of nitrogens with zero attached hydrogens (tertiary/aromatic N) is 5. The zero-order valence-corrected chi connectivity index (χ0v) is 18.3. The van der Waals surface area contributed by atoms with Crippen molar-refractivity contribution in [2.24, 2.45) is 0 Å². The molecule has 1 aromatic heterocycles. The van der Waals surface area contributed by atoms with E-state index in [9.17, 15) is 5.11 Å². The zero-order chi connectivity index (χ0) is 21.5. The maximum Gasteiger partial charge on any atom is 0.225 e. The van der Waals surface area contributed by atoms with Crippen LogP contribution in [0.2, 0.25) is 0 Å². The Kier molecular flexibility index (Phi) is 7.34. The third-order valence-electron chi connectivity index (χ3n) is 5.89. The second kappa shape index (κ2) is 10.4. The van der Waals surface area contributed by atoms with Gasteiger partial charge in [-0.05, 0) is 37.2 Å². The molecule has 0 bridgehead atoms. The summed E-state index contributed by atoms with van der Waals surface area (Å²) in [6.45, 7) is 7.92. The number of hydrogen-bond donors (Lipinski definition) is 1. The monoisotopic (exact) mass is 427 g/mol. The van der Waals surface area contributed by atoms with Crippen molar-refractivity contribution in [2.75, 3.05) is 71.0 Å². The van der Waals surface area contributed by atoms with Gasteiger partial charge >= 0.3 is 0 Å².